The fraction of sp³-hybridized carbons (Fsp3) is 0. The number of rotatable bonds is 8. The highest BCUT2D eigenvalue weighted by Crippen LogP contribution is 2.48. The van der Waals surface area contributed by atoms with E-state index in [1.54, 1.807) is 0 Å². The van der Waals surface area contributed by atoms with E-state index in [9.17, 15) is 0 Å². The molecule has 0 saturated carbocycles. The molecule has 0 bridgehead atoms. The second kappa shape index (κ2) is 15.0. The number of nitrogens with zero attached hydrogens (tertiary/aromatic N) is 1. The van der Waals surface area contributed by atoms with Crippen molar-refractivity contribution in [1.29, 1.82) is 0 Å². The second-order valence-electron chi connectivity index (χ2n) is 14.4. The van der Waals surface area contributed by atoms with Gasteiger partial charge in [-0.2, -0.15) is 0 Å². The molecule has 10 rings (SSSR count). The van der Waals surface area contributed by atoms with E-state index in [2.05, 4.69) is 241 Å². The number of hydrogen-bond donors (Lipinski definition) is 0. The largest absolute Gasteiger partial charge is 0.309 e. The summed E-state index contributed by atoms with van der Waals surface area (Å²) in [6.45, 7) is 0. The van der Waals surface area contributed by atoms with Crippen LogP contribution in [0.1, 0.15) is 0 Å². The van der Waals surface area contributed by atoms with Gasteiger partial charge in [-0.3, -0.25) is 0 Å². The third-order valence-corrected chi connectivity index (χ3v) is 11.1. The number of para-hydroxylation sites is 2. The third kappa shape index (κ3) is 6.36. The fourth-order valence-corrected chi connectivity index (χ4v) is 8.45. The van der Waals surface area contributed by atoms with E-state index in [1.165, 1.54) is 77.2 Å². The van der Waals surface area contributed by atoms with Crippen LogP contribution in [-0.4, -0.2) is 0 Å². The lowest BCUT2D eigenvalue weighted by Gasteiger charge is -2.30. The number of fused-ring (bicyclic) bond motifs is 3. The Hall–Kier alpha value is -7.48. The Kier molecular flexibility index (Phi) is 8.95. The summed E-state index contributed by atoms with van der Waals surface area (Å²) in [5, 5.41) is 5.03. The monoisotopic (exact) mass is 725 g/mol. The first-order valence-corrected chi connectivity index (χ1v) is 19.6. The van der Waals surface area contributed by atoms with Crippen LogP contribution < -0.4 is 4.90 Å². The Morgan fingerprint density at radius 3 is 1.18 bits per heavy atom. The molecular formula is C56H39N. The molecule has 0 fully saturated rings. The van der Waals surface area contributed by atoms with Crippen LogP contribution in [0.4, 0.5) is 17.1 Å². The first-order valence-electron chi connectivity index (χ1n) is 19.6. The molecule has 0 aliphatic rings. The van der Waals surface area contributed by atoms with Gasteiger partial charge in [-0.1, -0.05) is 206 Å². The maximum absolute atomic E-state index is 2.42. The zero-order chi connectivity index (χ0) is 38.0. The van der Waals surface area contributed by atoms with Crippen LogP contribution in [0.15, 0.2) is 237 Å². The van der Waals surface area contributed by atoms with E-state index >= 15 is 0 Å². The summed E-state index contributed by atoms with van der Waals surface area (Å²) in [5.41, 5.74) is 15.3. The molecule has 0 radical (unpaired) electrons. The summed E-state index contributed by atoms with van der Waals surface area (Å²) >= 11 is 0. The first-order chi connectivity index (χ1) is 28.3. The summed E-state index contributed by atoms with van der Waals surface area (Å²) in [4.78, 5) is 2.42. The molecule has 0 heterocycles. The molecule has 0 unspecified atom stereocenters. The highest BCUT2D eigenvalue weighted by atomic mass is 15.1. The standard InChI is InChI=1S/C56H39N/c1-6-19-41(20-7-1)48-31-18-32-49(42-21-8-2-9-22-42)56(48)57(46-27-14-5-15-28-46)47-36-33-40(34-37-47)45-35-38-51-50-29-16-17-30-52(50)54(43-23-10-3-11-24-43)55(53(51)39-45)44-25-12-4-13-26-44/h1-39H. The first kappa shape index (κ1) is 34.0. The summed E-state index contributed by atoms with van der Waals surface area (Å²) in [7, 11) is 0. The van der Waals surface area contributed by atoms with Crippen LogP contribution in [0, 0.1) is 0 Å². The van der Waals surface area contributed by atoms with Crippen molar-refractivity contribution < 1.29 is 0 Å². The van der Waals surface area contributed by atoms with Crippen molar-refractivity contribution in [2.24, 2.45) is 0 Å². The molecule has 1 heteroatoms. The van der Waals surface area contributed by atoms with Gasteiger partial charge < -0.3 is 4.90 Å². The zero-order valence-corrected chi connectivity index (χ0v) is 31.5. The van der Waals surface area contributed by atoms with E-state index in [4.69, 9.17) is 0 Å². The van der Waals surface area contributed by atoms with Gasteiger partial charge in [0.05, 0.1) is 5.69 Å². The van der Waals surface area contributed by atoms with E-state index in [1.807, 2.05) is 0 Å². The second-order valence-corrected chi connectivity index (χ2v) is 14.4. The van der Waals surface area contributed by atoms with Crippen LogP contribution >= 0.6 is 0 Å². The molecule has 10 aromatic rings. The molecule has 10 aromatic carbocycles. The molecule has 0 amide bonds. The molecule has 1 nitrogen and oxygen atoms in total. The Balaban J connectivity index is 1.17. The van der Waals surface area contributed by atoms with Gasteiger partial charge in [0.1, 0.15) is 0 Å². The Morgan fingerprint density at radius 2 is 0.632 bits per heavy atom. The van der Waals surface area contributed by atoms with Gasteiger partial charge in [-0.25, -0.2) is 0 Å². The lowest BCUT2D eigenvalue weighted by molar-refractivity contribution is 1.28. The molecule has 57 heavy (non-hydrogen) atoms. The van der Waals surface area contributed by atoms with Crippen LogP contribution in [0.2, 0.25) is 0 Å². The van der Waals surface area contributed by atoms with Gasteiger partial charge in [0, 0.05) is 22.5 Å². The van der Waals surface area contributed by atoms with Gasteiger partial charge >= 0.3 is 0 Å². The van der Waals surface area contributed by atoms with E-state index < -0.39 is 0 Å². The predicted molar refractivity (Wildman–Crippen MR) is 243 cm³/mol. The van der Waals surface area contributed by atoms with Gasteiger partial charge in [-0.15, -0.1) is 0 Å². The van der Waals surface area contributed by atoms with Gasteiger partial charge in [0.15, 0.2) is 0 Å². The molecule has 0 N–H and O–H groups in total. The lowest BCUT2D eigenvalue weighted by atomic mass is 9.84. The number of benzene rings is 10. The van der Waals surface area contributed by atoms with E-state index in [0.717, 1.165) is 17.1 Å². The van der Waals surface area contributed by atoms with Gasteiger partial charge in [-0.05, 0) is 96.4 Å². The summed E-state index contributed by atoms with van der Waals surface area (Å²) in [5.74, 6) is 0. The van der Waals surface area contributed by atoms with Crippen molar-refractivity contribution in [2.45, 2.75) is 0 Å². The molecule has 0 aliphatic heterocycles. The maximum atomic E-state index is 2.42. The maximum Gasteiger partial charge on any atom is 0.0618 e. The smallest absolute Gasteiger partial charge is 0.0618 e. The molecule has 0 aromatic heterocycles. The Labute approximate surface area is 334 Å². The van der Waals surface area contributed by atoms with Crippen LogP contribution in [0.3, 0.4) is 0 Å². The molecule has 0 spiro atoms. The SMILES string of the molecule is c1ccc(-c2cccc(-c3ccccc3)c2N(c2ccccc2)c2ccc(-c3ccc4c(c3)c(-c3ccccc3)c(-c3ccccc3)c3ccccc34)cc2)cc1. The highest BCUT2D eigenvalue weighted by Gasteiger charge is 2.22. The number of anilines is 3. The molecule has 0 saturated heterocycles. The third-order valence-electron chi connectivity index (χ3n) is 11.1. The average molecular weight is 726 g/mol. The lowest BCUT2D eigenvalue weighted by Crippen LogP contribution is -2.12. The minimum Gasteiger partial charge on any atom is -0.309 e. The summed E-state index contributed by atoms with van der Waals surface area (Å²) in [6, 6.07) is 85.5. The molecule has 268 valence electrons. The average Bonchev–Trinajstić information content (AvgIpc) is 3.30. The van der Waals surface area contributed by atoms with Crippen LogP contribution in [-0.2, 0) is 0 Å². The highest BCUT2D eigenvalue weighted by molar-refractivity contribution is 6.22. The van der Waals surface area contributed by atoms with Crippen molar-refractivity contribution in [2.75, 3.05) is 4.90 Å². The number of hydrogen-bond acceptors (Lipinski definition) is 1. The van der Waals surface area contributed by atoms with Gasteiger partial charge in [0.2, 0.25) is 0 Å². The summed E-state index contributed by atoms with van der Waals surface area (Å²) in [6.07, 6.45) is 0. The Morgan fingerprint density at radius 1 is 0.228 bits per heavy atom. The van der Waals surface area contributed by atoms with Crippen molar-refractivity contribution >= 4 is 38.6 Å². The van der Waals surface area contributed by atoms with Crippen LogP contribution in [0.5, 0.6) is 0 Å². The van der Waals surface area contributed by atoms with Crippen molar-refractivity contribution in [3.8, 4) is 55.6 Å². The van der Waals surface area contributed by atoms with Crippen molar-refractivity contribution in [3.05, 3.63) is 237 Å². The molecular weight excluding hydrogens is 687 g/mol. The van der Waals surface area contributed by atoms with E-state index in [-0.39, 0.29) is 0 Å². The molecule has 0 atom stereocenters. The topological polar surface area (TPSA) is 3.24 Å². The normalized spacial score (nSPS) is 11.2. The van der Waals surface area contributed by atoms with Crippen LogP contribution in [0.25, 0.3) is 77.2 Å². The summed E-state index contributed by atoms with van der Waals surface area (Å²) < 4.78 is 0. The Bertz CT molecular complexity index is 2900. The predicted octanol–water partition coefficient (Wildman–Crippen LogP) is 15.8. The minimum atomic E-state index is 1.09. The van der Waals surface area contributed by atoms with Crippen molar-refractivity contribution in [1.82, 2.24) is 0 Å². The van der Waals surface area contributed by atoms with Crippen molar-refractivity contribution in [3.63, 3.8) is 0 Å². The minimum absolute atomic E-state index is 1.09. The van der Waals surface area contributed by atoms with E-state index in [0.29, 0.717) is 0 Å². The zero-order valence-electron chi connectivity index (χ0n) is 31.5. The quantitative estimate of drug-likeness (QED) is 0.141. The fourth-order valence-electron chi connectivity index (χ4n) is 8.45. The molecule has 0 aliphatic carbocycles. The van der Waals surface area contributed by atoms with Gasteiger partial charge in [0.25, 0.3) is 0 Å².